The maximum absolute atomic E-state index is 14.5. The summed E-state index contributed by atoms with van der Waals surface area (Å²) in [4.78, 5) is 23.2. The summed E-state index contributed by atoms with van der Waals surface area (Å²) in [5.41, 5.74) is 6.48. The van der Waals surface area contributed by atoms with Crippen LogP contribution in [-0.4, -0.2) is 55.1 Å². The number of amides is 1. The van der Waals surface area contributed by atoms with Gasteiger partial charge in [0.05, 0.1) is 42.0 Å². The Kier molecular flexibility index (Phi) is 7.26. The number of aliphatic hydroxyl groups excluding tert-OH is 1. The summed E-state index contributed by atoms with van der Waals surface area (Å²) in [6.45, 7) is 2.78. The van der Waals surface area contributed by atoms with Crippen LogP contribution in [0.15, 0.2) is 55.0 Å². The molecule has 0 saturated carbocycles. The molecule has 39 heavy (non-hydrogen) atoms. The van der Waals surface area contributed by atoms with Crippen LogP contribution in [0.1, 0.15) is 29.1 Å². The molecule has 4 aromatic rings. The summed E-state index contributed by atoms with van der Waals surface area (Å²) in [6.07, 6.45) is 4.71. The van der Waals surface area contributed by atoms with Gasteiger partial charge >= 0.3 is 0 Å². The van der Waals surface area contributed by atoms with Gasteiger partial charge in [0, 0.05) is 25.3 Å². The number of hydrogen-bond acceptors (Lipinski definition) is 8. The monoisotopic (exact) mass is 538 g/mol. The lowest BCUT2D eigenvalue weighted by Gasteiger charge is -2.42. The quantitative estimate of drug-likeness (QED) is 0.341. The normalized spacial score (nSPS) is 19.2. The highest BCUT2D eigenvalue weighted by Gasteiger charge is 2.35. The number of anilines is 2. The fourth-order valence-electron chi connectivity index (χ4n) is 4.91. The van der Waals surface area contributed by atoms with E-state index in [4.69, 9.17) is 5.73 Å². The molecule has 1 aliphatic heterocycles. The number of nitrogens with two attached hydrogens (primary N) is 1. The van der Waals surface area contributed by atoms with Crippen molar-refractivity contribution in [1.82, 2.24) is 25.0 Å². The second-order valence-corrected chi connectivity index (χ2v) is 9.36. The van der Waals surface area contributed by atoms with Crippen LogP contribution >= 0.6 is 0 Å². The Bertz CT molecular complexity index is 1480. The molecule has 1 saturated heterocycles. The summed E-state index contributed by atoms with van der Waals surface area (Å²) in [7, 11) is 0. The molecule has 1 aromatic carbocycles. The zero-order valence-electron chi connectivity index (χ0n) is 20.8. The third-order valence-corrected chi connectivity index (χ3v) is 6.65. The average molecular weight is 539 g/mol. The second kappa shape index (κ2) is 10.8. The van der Waals surface area contributed by atoms with E-state index in [0.717, 1.165) is 30.3 Å². The van der Waals surface area contributed by atoms with E-state index in [1.54, 1.807) is 23.1 Å². The smallest absolute Gasteiger partial charge is 0.274 e. The van der Waals surface area contributed by atoms with Gasteiger partial charge in [-0.2, -0.15) is 0 Å². The Labute approximate surface area is 221 Å². The molecular formula is C26H25F3N8O2. The maximum atomic E-state index is 14.5. The zero-order valence-corrected chi connectivity index (χ0v) is 20.8. The Balaban J connectivity index is 1.38. The first-order chi connectivity index (χ1) is 18.8. The summed E-state index contributed by atoms with van der Waals surface area (Å²) in [5, 5.41) is 20.1. The number of carbonyl (C=O) groups is 1. The van der Waals surface area contributed by atoms with Gasteiger partial charge in [0.25, 0.3) is 5.91 Å². The van der Waals surface area contributed by atoms with E-state index >= 15 is 0 Å². The molecule has 3 atom stereocenters. The van der Waals surface area contributed by atoms with E-state index < -0.39 is 34.6 Å². The number of hydrogen-bond donors (Lipinski definition) is 3. The Morgan fingerprint density at radius 1 is 1.13 bits per heavy atom. The molecule has 0 radical (unpaired) electrons. The number of pyridine rings is 2. The number of halogens is 3. The van der Waals surface area contributed by atoms with Gasteiger partial charge < -0.3 is 21.1 Å². The standard InChI is InChI=1S/C26H25F3N8O2/c1-14-10-36(12-19(30)25(14)37-11-15(13-38)34-35-37)22-7-8-31-9-21(22)33-26(39)20-6-5-18(29)24(32-20)23-16(27)3-2-4-17(23)28/h2-9,11,14,19,25,38H,10,12-13,30H2,1H3,(H,33,39)/t14-,19+,25?/m0/s1. The summed E-state index contributed by atoms with van der Waals surface area (Å²) in [6, 6.07) is 6.41. The van der Waals surface area contributed by atoms with Gasteiger partial charge in [-0.15, -0.1) is 5.10 Å². The molecular weight excluding hydrogens is 513 g/mol. The third kappa shape index (κ3) is 5.18. The molecule has 4 heterocycles. The van der Waals surface area contributed by atoms with Crippen LogP contribution in [0.2, 0.25) is 0 Å². The predicted molar refractivity (Wildman–Crippen MR) is 136 cm³/mol. The first kappa shape index (κ1) is 26.3. The first-order valence-electron chi connectivity index (χ1n) is 12.1. The zero-order chi connectivity index (χ0) is 27.7. The predicted octanol–water partition coefficient (Wildman–Crippen LogP) is 2.92. The molecule has 1 amide bonds. The number of carbonyl (C=O) groups excluding carboxylic acids is 1. The summed E-state index contributed by atoms with van der Waals surface area (Å²) < 4.78 is 44.7. The van der Waals surface area contributed by atoms with E-state index in [1.807, 2.05) is 11.8 Å². The number of aliphatic hydroxyl groups is 1. The topological polar surface area (TPSA) is 135 Å². The van der Waals surface area contributed by atoms with Gasteiger partial charge in [0.1, 0.15) is 34.5 Å². The molecule has 5 rings (SSSR count). The SMILES string of the molecule is C[C@H]1CN(c2ccncc2NC(=O)c2ccc(F)c(-c3c(F)cccc3F)n2)C[C@@H](N)C1n1cc(CO)nn1. The lowest BCUT2D eigenvalue weighted by atomic mass is 9.90. The van der Waals surface area contributed by atoms with Crippen molar-refractivity contribution in [2.75, 3.05) is 23.3 Å². The van der Waals surface area contributed by atoms with Gasteiger partial charge in [-0.05, 0) is 36.2 Å². The Morgan fingerprint density at radius 2 is 1.90 bits per heavy atom. The minimum atomic E-state index is -0.999. The molecule has 1 aliphatic rings. The number of aromatic nitrogens is 5. The molecule has 1 fully saturated rings. The Morgan fingerprint density at radius 3 is 2.59 bits per heavy atom. The van der Waals surface area contributed by atoms with Gasteiger partial charge in [-0.25, -0.2) is 22.8 Å². The molecule has 4 N–H and O–H groups in total. The van der Waals surface area contributed by atoms with Crippen LogP contribution in [0, 0.1) is 23.4 Å². The van der Waals surface area contributed by atoms with Crippen molar-refractivity contribution >= 4 is 17.3 Å². The van der Waals surface area contributed by atoms with Crippen molar-refractivity contribution in [3.63, 3.8) is 0 Å². The van der Waals surface area contributed by atoms with Gasteiger partial charge in [0.2, 0.25) is 0 Å². The third-order valence-electron chi connectivity index (χ3n) is 6.65. The molecule has 0 aliphatic carbocycles. The first-order valence-corrected chi connectivity index (χ1v) is 12.1. The fourth-order valence-corrected chi connectivity index (χ4v) is 4.91. The molecule has 0 bridgehead atoms. The number of rotatable bonds is 6. The molecule has 1 unspecified atom stereocenters. The van der Waals surface area contributed by atoms with Crippen LogP contribution in [0.3, 0.4) is 0 Å². The van der Waals surface area contributed by atoms with Crippen molar-refractivity contribution in [3.8, 4) is 11.3 Å². The highest BCUT2D eigenvalue weighted by molar-refractivity contribution is 6.04. The second-order valence-electron chi connectivity index (χ2n) is 9.36. The van der Waals surface area contributed by atoms with E-state index in [2.05, 4.69) is 25.6 Å². The van der Waals surface area contributed by atoms with E-state index in [-0.39, 0.29) is 30.3 Å². The van der Waals surface area contributed by atoms with Crippen molar-refractivity contribution in [3.05, 3.63) is 83.8 Å². The maximum Gasteiger partial charge on any atom is 0.274 e. The van der Waals surface area contributed by atoms with Crippen molar-refractivity contribution in [2.24, 2.45) is 11.7 Å². The summed E-state index contributed by atoms with van der Waals surface area (Å²) >= 11 is 0. The number of benzene rings is 1. The molecule has 3 aromatic heterocycles. The highest BCUT2D eigenvalue weighted by atomic mass is 19.1. The highest BCUT2D eigenvalue weighted by Crippen LogP contribution is 2.34. The molecule has 202 valence electrons. The van der Waals surface area contributed by atoms with E-state index in [9.17, 15) is 23.1 Å². The average Bonchev–Trinajstić information content (AvgIpc) is 3.38. The molecule has 0 spiro atoms. The minimum absolute atomic E-state index is 0.0238. The largest absolute Gasteiger partial charge is 0.390 e. The van der Waals surface area contributed by atoms with Gasteiger partial charge in [-0.3, -0.25) is 9.78 Å². The fraction of sp³-hybridized carbons (Fsp3) is 0.269. The lowest BCUT2D eigenvalue weighted by Crippen LogP contribution is -2.53. The Hall–Kier alpha value is -4.36. The van der Waals surface area contributed by atoms with Gasteiger partial charge in [0.15, 0.2) is 0 Å². The number of nitrogens with one attached hydrogen (secondary N) is 1. The van der Waals surface area contributed by atoms with E-state index in [0.29, 0.717) is 30.2 Å². The molecule has 10 nitrogen and oxygen atoms in total. The minimum Gasteiger partial charge on any atom is -0.390 e. The van der Waals surface area contributed by atoms with Crippen molar-refractivity contribution in [1.29, 1.82) is 0 Å². The van der Waals surface area contributed by atoms with Crippen LogP contribution in [-0.2, 0) is 6.61 Å². The summed E-state index contributed by atoms with van der Waals surface area (Å²) in [5.74, 6) is -3.66. The molecule has 13 heteroatoms. The van der Waals surface area contributed by atoms with E-state index in [1.165, 1.54) is 6.20 Å². The van der Waals surface area contributed by atoms with Crippen LogP contribution in [0.4, 0.5) is 24.5 Å². The number of piperidine rings is 1. The van der Waals surface area contributed by atoms with Crippen LogP contribution in [0.25, 0.3) is 11.3 Å². The van der Waals surface area contributed by atoms with Crippen LogP contribution < -0.4 is 16.0 Å². The van der Waals surface area contributed by atoms with Crippen molar-refractivity contribution < 1.29 is 23.1 Å². The lowest BCUT2D eigenvalue weighted by molar-refractivity contribution is 0.102. The van der Waals surface area contributed by atoms with Gasteiger partial charge in [-0.1, -0.05) is 18.2 Å². The van der Waals surface area contributed by atoms with Crippen molar-refractivity contribution in [2.45, 2.75) is 25.6 Å². The van der Waals surface area contributed by atoms with Crippen LogP contribution in [0.5, 0.6) is 0 Å². The number of nitrogens with zero attached hydrogens (tertiary/aromatic N) is 6.